The van der Waals surface area contributed by atoms with E-state index in [-0.39, 0.29) is 18.2 Å². The van der Waals surface area contributed by atoms with Gasteiger partial charge in [0.2, 0.25) is 0 Å². The van der Waals surface area contributed by atoms with Crippen molar-refractivity contribution < 1.29 is 27.4 Å². The van der Waals surface area contributed by atoms with Crippen LogP contribution in [0.3, 0.4) is 0 Å². The van der Waals surface area contributed by atoms with E-state index in [1.807, 2.05) is 13.8 Å². The van der Waals surface area contributed by atoms with Gasteiger partial charge in [0.15, 0.2) is 11.5 Å². The topological polar surface area (TPSA) is 38.8 Å². The zero-order valence-corrected chi connectivity index (χ0v) is 15.6. The van der Waals surface area contributed by atoms with Crippen molar-refractivity contribution in [2.24, 2.45) is 0 Å². The van der Waals surface area contributed by atoms with E-state index in [1.54, 1.807) is 12.1 Å². The average Bonchev–Trinajstić information content (AvgIpc) is 2.60. The van der Waals surface area contributed by atoms with Crippen LogP contribution in [0.5, 0.6) is 11.5 Å². The molecule has 0 aliphatic heterocycles. The molecule has 0 aliphatic carbocycles. The van der Waals surface area contributed by atoms with Gasteiger partial charge < -0.3 is 14.4 Å². The predicted octanol–water partition coefficient (Wildman–Crippen LogP) is 4.77. The Labute approximate surface area is 156 Å². The largest absolute Gasteiger partial charge is 0.493 e. The summed E-state index contributed by atoms with van der Waals surface area (Å²) in [6.07, 6.45) is -4.54. The molecule has 0 spiro atoms. The highest BCUT2D eigenvalue weighted by Crippen LogP contribution is 2.33. The lowest BCUT2D eigenvalue weighted by molar-refractivity contribution is -0.138. The number of rotatable bonds is 6. The summed E-state index contributed by atoms with van der Waals surface area (Å²) >= 11 is 0. The third kappa shape index (κ3) is 5.15. The lowest BCUT2D eigenvalue weighted by Crippen LogP contribution is -2.27. The minimum absolute atomic E-state index is 0.0348. The number of methoxy groups -OCH3 is 1. The lowest BCUT2D eigenvalue weighted by Gasteiger charge is -2.21. The highest BCUT2D eigenvalue weighted by Gasteiger charge is 2.33. The maximum Gasteiger partial charge on any atom is 0.416 e. The van der Waals surface area contributed by atoms with Crippen molar-refractivity contribution in [1.29, 1.82) is 0 Å². The quantitative estimate of drug-likeness (QED) is 0.723. The maximum absolute atomic E-state index is 13.1. The Hall–Kier alpha value is -2.70. The molecule has 27 heavy (non-hydrogen) atoms. The van der Waals surface area contributed by atoms with Gasteiger partial charge in [-0.3, -0.25) is 4.79 Å². The number of alkyl halides is 3. The molecule has 0 unspecified atom stereocenters. The molecule has 146 valence electrons. The molecule has 0 aromatic heterocycles. The first kappa shape index (κ1) is 20.6. The van der Waals surface area contributed by atoms with E-state index >= 15 is 0 Å². The molecule has 7 heteroatoms. The standard InChI is InChI=1S/C20H22F3NO3/c1-13(2)27-17-10-9-14(11-18(17)26-4)19(25)24(3)12-15-7-5-6-8-16(15)20(21,22)23/h5-11,13H,12H2,1-4H3. The number of ether oxygens (including phenoxy) is 2. The molecule has 2 aromatic carbocycles. The van der Waals surface area contributed by atoms with E-state index in [0.717, 1.165) is 6.07 Å². The monoisotopic (exact) mass is 381 g/mol. The molecule has 0 saturated carbocycles. The Morgan fingerprint density at radius 2 is 1.78 bits per heavy atom. The molecule has 0 bridgehead atoms. The van der Waals surface area contributed by atoms with Gasteiger partial charge in [0.05, 0.1) is 18.8 Å². The molecular weight excluding hydrogens is 359 g/mol. The maximum atomic E-state index is 13.1. The summed E-state index contributed by atoms with van der Waals surface area (Å²) in [7, 11) is 2.92. The molecule has 1 amide bonds. The van der Waals surface area contributed by atoms with Gasteiger partial charge in [-0.2, -0.15) is 13.2 Å². The van der Waals surface area contributed by atoms with E-state index in [2.05, 4.69) is 0 Å². The molecule has 0 saturated heterocycles. The molecule has 4 nitrogen and oxygen atoms in total. The van der Waals surface area contributed by atoms with Gasteiger partial charge >= 0.3 is 6.18 Å². The van der Waals surface area contributed by atoms with Crippen molar-refractivity contribution in [2.45, 2.75) is 32.7 Å². The van der Waals surface area contributed by atoms with Crippen LogP contribution < -0.4 is 9.47 Å². The summed E-state index contributed by atoms with van der Waals surface area (Å²) in [5, 5.41) is 0. The first-order valence-electron chi connectivity index (χ1n) is 8.38. The van der Waals surface area contributed by atoms with Gasteiger partial charge in [0, 0.05) is 19.2 Å². The summed E-state index contributed by atoms with van der Waals surface area (Å²) in [6, 6.07) is 9.92. The Morgan fingerprint density at radius 1 is 1.11 bits per heavy atom. The third-order valence-corrected chi connectivity index (χ3v) is 3.85. The summed E-state index contributed by atoms with van der Waals surface area (Å²) in [5.74, 6) is 0.467. The molecule has 0 N–H and O–H groups in total. The number of hydrogen-bond acceptors (Lipinski definition) is 3. The zero-order valence-electron chi connectivity index (χ0n) is 15.6. The first-order chi connectivity index (χ1) is 12.6. The SMILES string of the molecule is COc1cc(C(=O)N(C)Cc2ccccc2C(F)(F)F)ccc1OC(C)C. The van der Waals surface area contributed by atoms with Crippen molar-refractivity contribution >= 4 is 5.91 Å². The van der Waals surface area contributed by atoms with Gasteiger partial charge in [-0.15, -0.1) is 0 Å². The van der Waals surface area contributed by atoms with Crippen LogP contribution >= 0.6 is 0 Å². The number of hydrogen-bond donors (Lipinski definition) is 0. The number of amides is 1. The van der Waals surface area contributed by atoms with Crippen LogP contribution in [0.25, 0.3) is 0 Å². The average molecular weight is 381 g/mol. The number of benzene rings is 2. The summed E-state index contributed by atoms with van der Waals surface area (Å²) in [4.78, 5) is 13.9. The Balaban J connectivity index is 2.23. The van der Waals surface area contributed by atoms with Gasteiger partial charge in [-0.25, -0.2) is 0 Å². The van der Waals surface area contributed by atoms with Gasteiger partial charge in [0.25, 0.3) is 5.91 Å². The third-order valence-electron chi connectivity index (χ3n) is 3.85. The molecule has 0 radical (unpaired) electrons. The van der Waals surface area contributed by atoms with Crippen LogP contribution in [0.2, 0.25) is 0 Å². The Kier molecular flexibility index (Phi) is 6.36. The second-order valence-corrected chi connectivity index (χ2v) is 6.35. The molecule has 0 fully saturated rings. The van der Waals surface area contributed by atoms with Crippen molar-refractivity contribution in [3.63, 3.8) is 0 Å². The van der Waals surface area contributed by atoms with Crippen LogP contribution in [0.4, 0.5) is 13.2 Å². The second kappa shape index (κ2) is 8.33. The lowest BCUT2D eigenvalue weighted by atomic mass is 10.1. The van der Waals surface area contributed by atoms with Crippen LogP contribution in [-0.4, -0.2) is 31.1 Å². The van der Waals surface area contributed by atoms with Crippen LogP contribution in [0.15, 0.2) is 42.5 Å². The Bertz CT molecular complexity index is 803. The van der Waals surface area contributed by atoms with Gasteiger partial charge in [0.1, 0.15) is 0 Å². The second-order valence-electron chi connectivity index (χ2n) is 6.35. The highest BCUT2D eigenvalue weighted by molar-refractivity contribution is 5.94. The number of halogens is 3. The van der Waals surface area contributed by atoms with E-state index in [9.17, 15) is 18.0 Å². The smallest absolute Gasteiger partial charge is 0.416 e. The molecule has 2 rings (SSSR count). The zero-order chi connectivity index (χ0) is 20.2. The van der Waals surface area contributed by atoms with E-state index < -0.39 is 17.6 Å². The summed E-state index contributed by atoms with van der Waals surface area (Å²) in [6.45, 7) is 3.57. The van der Waals surface area contributed by atoms with Crippen LogP contribution in [-0.2, 0) is 12.7 Å². The molecule has 0 heterocycles. The van der Waals surface area contributed by atoms with Crippen LogP contribution in [0.1, 0.15) is 35.3 Å². The molecule has 0 aliphatic rings. The van der Waals surface area contributed by atoms with Crippen molar-refractivity contribution in [1.82, 2.24) is 4.90 Å². The van der Waals surface area contributed by atoms with E-state index in [0.29, 0.717) is 17.1 Å². The molecule has 0 atom stereocenters. The van der Waals surface area contributed by atoms with Crippen molar-refractivity contribution in [3.8, 4) is 11.5 Å². The fourth-order valence-corrected chi connectivity index (χ4v) is 2.63. The van der Waals surface area contributed by atoms with Crippen LogP contribution in [0, 0.1) is 0 Å². The first-order valence-corrected chi connectivity index (χ1v) is 8.38. The number of carbonyl (C=O) groups is 1. The van der Waals surface area contributed by atoms with Gasteiger partial charge in [-0.1, -0.05) is 18.2 Å². The normalized spacial score (nSPS) is 11.4. The summed E-state index contributed by atoms with van der Waals surface area (Å²) < 4.78 is 50.3. The molecule has 2 aromatic rings. The highest BCUT2D eigenvalue weighted by atomic mass is 19.4. The van der Waals surface area contributed by atoms with Crippen molar-refractivity contribution in [2.75, 3.05) is 14.2 Å². The summed E-state index contributed by atoms with van der Waals surface area (Å²) in [5.41, 5.74) is -0.412. The predicted molar refractivity (Wildman–Crippen MR) is 96.0 cm³/mol. The van der Waals surface area contributed by atoms with E-state index in [4.69, 9.17) is 9.47 Å². The number of carbonyl (C=O) groups excluding carboxylic acids is 1. The minimum atomic E-state index is -4.47. The fourth-order valence-electron chi connectivity index (χ4n) is 2.63. The van der Waals surface area contributed by atoms with E-state index in [1.165, 1.54) is 43.3 Å². The molecular formula is C20H22F3NO3. The van der Waals surface area contributed by atoms with Gasteiger partial charge in [-0.05, 0) is 43.7 Å². The minimum Gasteiger partial charge on any atom is -0.493 e. The van der Waals surface area contributed by atoms with Crippen molar-refractivity contribution in [3.05, 3.63) is 59.2 Å². The Morgan fingerprint density at radius 3 is 2.37 bits per heavy atom. The fraction of sp³-hybridized carbons (Fsp3) is 0.350. The number of nitrogens with zero attached hydrogens (tertiary/aromatic N) is 1.